The minimum Gasteiger partial charge on any atom is -0.490 e. The minimum absolute atomic E-state index is 0.0376. The quantitative estimate of drug-likeness (QED) is 0.658. The van der Waals surface area contributed by atoms with Crippen LogP contribution in [0.15, 0.2) is 36.4 Å². The summed E-state index contributed by atoms with van der Waals surface area (Å²) in [4.78, 5) is 0. The maximum atomic E-state index is 5.71. The van der Waals surface area contributed by atoms with Crippen molar-refractivity contribution in [3.63, 3.8) is 0 Å². The van der Waals surface area contributed by atoms with E-state index in [0.29, 0.717) is 18.3 Å². The molecule has 0 aliphatic carbocycles. The van der Waals surface area contributed by atoms with Crippen LogP contribution in [0.3, 0.4) is 0 Å². The van der Waals surface area contributed by atoms with Gasteiger partial charge < -0.3 is 20.1 Å². The fourth-order valence-electron chi connectivity index (χ4n) is 2.73. The Morgan fingerprint density at radius 2 is 1.69 bits per heavy atom. The topological polar surface area (TPSA) is 42.5 Å². The van der Waals surface area contributed by atoms with Crippen molar-refractivity contribution in [1.82, 2.24) is 5.32 Å². The lowest BCUT2D eigenvalue weighted by Crippen LogP contribution is -2.31. The molecule has 0 amide bonds. The Kier molecular flexibility index (Phi) is 7.27. The predicted octanol–water partition coefficient (Wildman–Crippen LogP) is 5.15. The van der Waals surface area contributed by atoms with E-state index in [1.54, 1.807) is 0 Å². The fraction of sp³-hybridized carbons (Fsp3) is 0.381. The summed E-state index contributed by atoms with van der Waals surface area (Å²) < 4.78 is 11.3. The van der Waals surface area contributed by atoms with E-state index in [2.05, 4.69) is 43.5 Å². The molecule has 1 atom stereocenters. The molecule has 2 rings (SSSR count). The van der Waals surface area contributed by atoms with Crippen molar-refractivity contribution in [1.29, 1.82) is 0 Å². The molecule has 0 aliphatic heterocycles. The summed E-state index contributed by atoms with van der Waals surface area (Å²) in [5.74, 6) is 1.52. The number of hydrogen-bond acceptors (Lipinski definition) is 3. The molecule has 0 aliphatic rings. The molecule has 0 saturated carbocycles. The Bertz CT molecular complexity index is 762. The molecule has 0 heterocycles. The first-order chi connectivity index (χ1) is 12.4. The van der Waals surface area contributed by atoms with Crippen LogP contribution in [-0.2, 0) is 0 Å². The summed E-state index contributed by atoms with van der Waals surface area (Å²) in [5, 5.41) is 7.20. The Labute approximate surface area is 161 Å². The number of thiocarbonyl (C=S) groups is 1. The van der Waals surface area contributed by atoms with E-state index in [0.717, 1.165) is 22.7 Å². The third-order valence-electron chi connectivity index (χ3n) is 4.05. The van der Waals surface area contributed by atoms with Gasteiger partial charge in [-0.2, -0.15) is 0 Å². The Morgan fingerprint density at radius 1 is 1.00 bits per heavy atom. The Balaban J connectivity index is 2.07. The van der Waals surface area contributed by atoms with Gasteiger partial charge >= 0.3 is 0 Å². The molecule has 140 valence electrons. The average molecular weight is 373 g/mol. The van der Waals surface area contributed by atoms with Gasteiger partial charge in [0.1, 0.15) is 0 Å². The summed E-state index contributed by atoms with van der Waals surface area (Å²) >= 11 is 5.48. The van der Waals surface area contributed by atoms with Crippen molar-refractivity contribution in [2.45, 2.75) is 40.7 Å². The zero-order valence-corrected chi connectivity index (χ0v) is 17.0. The lowest BCUT2D eigenvalue weighted by Gasteiger charge is -2.20. The van der Waals surface area contributed by atoms with E-state index in [-0.39, 0.29) is 6.04 Å². The van der Waals surface area contributed by atoms with E-state index < -0.39 is 0 Å². The summed E-state index contributed by atoms with van der Waals surface area (Å²) in [5.41, 5.74) is 4.50. The minimum atomic E-state index is 0.0376. The molecule has 0 unspecified atom stereocenters. The van der Waals surface area contributed by atoms with Gasteiger partial charge in [-0.25, -0.2) is 0 Å². The molecule has 0 bridgehead atoms. The maximum absolute atomic E-state index is 5.71. The molecule has 2 aromatic rings. The van der Waals surface area contributed by atoms with Crippen molar-refractivity contribution in [2.24, 2.45) is 0 Å². The SMILES string of the molecule is CCOc1ccc([C@H](C)NC(=S)Nc2ccc(C)cc2C)cc1OCC. The van der Waals surface area contributed by atoms with Crippen LogP contribution >= 0.6 is 12.2 Å². The van der Waals surface area contributed by atoms with Crippen molar-refractivity contribution >= 4 is 23.0 Å². The van der Waals surface area contributed by atoms with E-state index in [1.165, 1.54) is 11.1 Å². The second-order valence-electron chi connectivity index (χ2n) is 6.21. The monoisotopic (exact) mass is 372 g/mol. The van der Waals surface area contributed by atoms with Gasteiger partial charge in [-0.15, -0.1) is 0 Å². The van der Waals surface area contributed by atoms with Crippen molar-refractivity contribution < 1.29 is 9.47 Å². The molecule has 0 spiro atoms. The van der Waals surface area contributed by atoms with Crippen LogP contribution in [0, 0.1) is 13.8 Å². The Morgan fingerprint density at radius 3 is 2.35 bits per heavy atom. The molecule has 0 saturated heterocycles. The fourth-order valence-corrected chi connectivity index (χ4v) is 3.02. The van der Waals surface area contributed by atoms with Crippen LogP contribution in [0.2, 0.25) is 0 Å². The van der Waals surface area contributed by atoms with Crippen molar-refractivity contribution in [2.75, 3.05) is 18.5 Å². The lowest BCUT2D eigenvalue weighted by atomic mass is 10.1. The molecular weight excluding hydrogens is 344 g/mol. The van der Waals surface area contributed by atoms with Crippen LogP contribution in [-0.4, -0.2) is 18.3 Å². The second-order valence-corrected chi connectivity index (χ2v) is 6.62. The molecule has 2 N–H and O–H groups in total. The second kappa shape index (κ2) is 9.43. The van der Waals surface area contributed by atoms with E-state index in [9.17, 15) is 0 Å². The number of rotatable bonds is 7. The molecule has 0 aromatic heterocycles. The number of aryl methyl sites for hydroxylation is 2. The van der Waals surface area contributed by atoms with Crippen LogP contribution in [0.4, 0.5) is 5.69 Å². The van der Waals surface area contributed by atoms with Gasteiger partial charge in [0.2, 0.25) is 0 Å². The molecule has 2 aromatic carbocycles. The summed E-state index contributed by atoms with van der Waals surface area (Å²) in [7, 11) is 0. The van der Waals surface area contributed by atoms with Gasteiger partial charge in [-0.3, -0.25) is 0 Å². The van der Waals surface area contributed by atoms with Gasteiger partial charge in [0.25, 0.3) is 0 Å². The first-order valence-electron chi connectivity index (χ1n) is 8.98. The highest BCUT2D eigenvalue weighted by Crippen LogP contribution is 2.30. The number of benzene rings is 2. The third-order valence-corrected chi connectivity index (χ3v) is 4.27. The number of nitrogens with one attached hydrogen (secondary N) is 2. The standard InChI is InChI=1S/C21H28N2O2S/c1-6-24-19-11-9-17(13-20(19)25-7-2)16(5)22-21(26)23-18-10-8-14(3)12-15(18)4/h8-13,16H,6-7H2,1-5H3,(H2,22,23,26)/t16-/m0/s1. The van der Waals surface area contributed by atoms with Crippen molar-refractivity contribution in [3.05, 3.63) is 53.1 Å². The zero-order chi connectivity index (χ0) is 19.1. The highest BCUT2D eigenvalue weighted by molar-refractivity contribution is 7.80. The van der Waals surface area contributed by atoms with Crippen LogP contribution in [0.1, 0.15) is 43.5 Å². The van der Waals surface area contributed by atoms with Gasteiger partial charge in [-0.05, 0) is 76.2 Å². The number of anilines is 1. The first-order valence-corrected chi connectivity index (χ1v) is 9.39. The highest BCUT2D eigenvalue weighted by Gasteiger charge is 2.12. The van der Waals surface area contributed by atoms with E-state index >= 15 is 0 Å². The zero-order valence-electron chi connectivity index (χ0n) is 16.2. The third kappa shape index (κ3) is 5.36. The first kappa shape index (κ1) is 20.0. The average Bonchev–Trinajstić information content (AvgIpc) is 2.59. The predicted molar refractivity (Wildman–Crippen MR) is 112 cm³/mol. The largest absolute Gasteiger partial charge is 0.490 e. The molecular formula is C21H28N2O2S. The van der Waals surface area contributed by atoms with Gasteiger partial charge in [-0.1, -0.05) is 23.8 Å². The normalized spacial score (nSPS) is 11.6. The lowest BCUT2D eigenvalue weighted by molar-refractivity contribution is 0.287. The van der Waals surface area contributed by atoms with Crippen LogP contribution < -0.4 is 20.1 Å². The van der Waals surface area contributed by atoms with Gasteiger partial charge in [0, 0.05) is 5.69 Å². The van der Waals surface area contributed by atoms with Gasteiger partial charge in [0.15, 0.2) is 16.6 Å². The number of hydrogen-bond donors (Lipinski definition) is 2. The summed E-state index contributed by atoms with van der Waals surface area (Å²) in [6, 6.07) is 12.3. The van der Waals surface area contributed by atoms with E-state index in [4.69, 9.17) is 21.7 Å². The number of ether oxygens (including phenoxy) is 2. The van der Waals surface area contributed by atoms with E-state index in [1.807, 2.05) is 38.1 Å². The van der Waals surface area contributed by atoms with Crippen LogP contribution in [0.5, 0.6) is 11.5 Å². The summed E-state index contributed by atoms with van der Waals surface area (Å²) in [6.45, 7) is 11.4. The Hall–Kier alpha value is -2.27. The molecule has 0 fully saturated rings. The molecule has 26 heavy (non-hydrogen) atoms. The molecule has 5 heteroatoms. The van der Waals surface area contributed by atoms with Crippen LogP contribution in [0.25, 0.3) is 0 Å². The molecule has 0 radical (unpaired) electrons. The maximum Gasteiger partial charge on any atom is 0.171 e. The smallest absolute Gasteiger partial charge is 0.171 e. The van der Waals surface area contributed by atoms with Gasteiger partial charge in [0.05, 0.1) is 19.3 Å². The van der Waals surface area contributed by atoms with Crippen molar-refractivity contribution in [3.8, 4) is 11.5 Å². The molecule has 4 nitrogen and oxygen atoms in total. The summed E-state index contributed by atoms with van der Waals surface area (Å²) in [6.07, 6.45) is 0. The highest BCUT2D eigenvalue weighted by atomic mass is 32.1.